The fourth-order valence-corrected chi connectivity index (χ4v) is 0.928. The van der Waals surface area contributed by atoms with Crippen LogP contribution >= 0.6 is 0 Å². The second-order valence-electron chi connectivity index (χ2n) is 2.89. The van der Waals surface area contributed by atoms with Crippen molar-refractivity contribution in [1.82, 2.24) is 0 Å². The van der Waals surface area contributed by atoms with Crippen molar-refractivity contribution in [2.24, 2.45) is 0 Å². The lowest BCUT2D eigenvalue weighted by atomic mass is 10.2. The third-order valence-corrected chi connectivity index (χ3v) is 1.80. The Morgan fingerprint density at radius 1 is 1.40 bits per heavy atom. The van der Waals surface area contributed by atoms with Gasteiger partial charge in [0.2, 0.25) is 0 Å². The molecule has 0 heterocycles. The zero-order valence-electron chi connectivity index (χ0n) is 8.08. The molecule has 0 saturated heterocycles. The van der Waals surface area contributed by atoms with Crippen molar-refractivity contribution >= 4 is 5.69 Å². The Bertz CT molecular complexity index is 462. The molecule has 0 spiro atoms. The molecule has 0 bridgehead atoms. The SMILES string of the molecule is Cc1ccc(NC=C(C#N)C#N)cc1F. The zero-order valence-corrected chi connectivity index (χ0v) is 8.08. The van der Waals surface area contributed by atoms with Gasteiger partial charge >= 0.3 is 0 Å². The first-order valence-electron chi connectivity index (χ1n) is 4.20. The first-order valence-corrected chi connectivity index (χ1v) is 4.20. The van der Waals surface area contributed by atoms with Crippen molar-refractivity contribution in [3.05, 3.63) is 41.4 Å². The molecule has 1 rings (SSSR count). The number of aryl methyl sites for hydroxylation is 1. The van der Waals surface area contributed by atoms with Crippen LogP contribution in [0.25, 0.3) is 0 Å². The Labute approximate surface area is 87.1 Å². The van der Waals surface area contributed by atoms with Gasteiger partial charge in [0.15, 0.2) is 0 Å². The number of hydrogen-bond donors (Lipinski definition) is 1. The number of allylic oxidation sites excluding steroid dienone is 1. The van der Waals surface area contributed by atoms with Crippen LogP contribution in [0.4, 0.5) is 10.1 Å². The number of nitriles is 2. The molecule has 4 heteroatoms. The van der Waals surface area contributed by atoms with Gasteiger partial charge in [-0.05, 0) is 24.6 Å². The average molecular weight is 201 g/mol. The van der Waals surface area contributed by atoms with E-state index in [2.05, 4.69) is 5.32 Å². The van der Waals surface area contributed by atoms with Crippen LogP contribution in [0.3, 0.4) is 0 Å². The van der Waals surface area contributed by atoms with E-state index in [9.17, 15) is 4.39 Å². The summed E-state index contributed by atoms with van der Waals surface area (Å²) >= 11 is 0. The zero-order chi connectivity index (χ0) is 11.3. The Balaban J connectivity index is 2.84. The number of benzene rings is 1. The van der Waals surface area contributed by atoms with Crippen LogP contribution in [0.2, 0.25) is 0 Å². The third kappa shape index (κ3) is 2.82. The monoisotopic (exact) mass is 201 g/mol. The normalized spacial score (nSPS) is 8.53. The average Bonchev–Trinajstić information content (AvgIpc) is 2.24. The molecule has 0 radical (unpaired) electrons. The summed E-state index contributed by atoms with van der Waals surface area (Å²) in [4.78, 5) is 0. The predicted molar refractivity (Wildman–Crippen MR) is 54.1 cm³/mol. The van der Waals surface area contributed by atoms with Crippen LogP contribution in [0.1, 0.15) is 5.56 Å². The highest BCUT2D eigenvalue weighted by molar-refractivity contribution is 5.50. The van der Waals surface area contributed by atoms with Crippen LogP contribution in [0.5, 0.6) is 0 Å². The molecule has 0 unspecified atom stereocenters. The quantitative estimate of drug-likeness (QED) is 0.747. The van der Waals surface area contributed by atoms with Crippen molar-refractivity contribution in [2.75, 3.05) is 5.32 Å². The van der Waals surface area contributed by atoms with Gasteiger partial charge in [-0.1, -0.05) is 6.07 Å². The highest BCUT2D eigenvalue weighted by atomic mass is 19.1. The number of rotatable bonds is 2. The highest BCUT2D eigenvalue weighted by Gasteiger charge is 1.98. The summed E-state index contributed by atoms with van der Waals surface area (Å²) in [7, 11) is 0. The van der Waals surface area contributed by atoms with E-state index in [1.165, 1.54) is 12.3 Å². The van der Waals surface area contributed by atoms with E-state index < -0.39 is 0 Å². The molecule has 0 aliphatic heterocycles. The fraction of sp³-hybridized carbons (Fsp3) is 0.0909. The summed E-state index contributed by atoms with van der Waals surface area (Å²) < 4.78 is 13.1. The standard InChI is InChI=1S/C11H8FN3/c1-8-2-3-10(4-11(8)12)15-7-9(5-13)6-14/h2-4,7,15H,1H3. The topological polar surface area (TPSA) is 59.6 Å². The van der Waals surface area contributed by atoms with Crippen LogP contribution in [-0.2, 0) is 0 Å². The summed E-state index contributed by atoms with van der Waals surface area (Å²) in [5.41, 5.74) is 0.988. The number of hydrogen-bond acceptors (Lipinski definition) is 3. The minimum Gasteiger partial charge on any atom is -0.360 e. The number of anilines is 1. The summed E-state index contributed by atoms with van der Waals surface area (Å²) in [5, 5.41) is 19.6. The number of halogens is 1. The van der Waals surface area contributed by atoms with Gasteiger partial charge in [-0.25, -0.2) is 4.39 Å². The lowest BCUT2D eigenvalue weighted by molar-refractivity contribution is 0.619. The first-order chi connectivity index (χ1) is 7.17. The van der Waals surface area contributed by atoms with E-state index in [4.69, 9.17) is 10.5 Å². The van der Waals surface area contributed by atoms with Gasteiger partial charge in [-0.2, -0.15) is 10.5 Å². The van der Waals surface area contributed by atoms with Gasteiger partial charge in [-0.3, -0.25) is 0 Å². The number of nitrogens with one attached hydrogen (secondary N) is 1. The molecule has 0 amide bonds. The molecule has 0 aliphatic carbocycles. The summed E-state index contributed by atoms with van der Waals surface area (Å²) in [6.45, 7) is 1.66. The van der Waals surface area contributed by atoms with E-state index in [1.54, 1.807) is 31.2 Å². The molecule has 3 nitrogen and oxygen atoms in total. The van der Waals surface area contributed by atoms with Crippen LogP contribution in [-0.4, -0.2) is 0 Å². The van der Waals surface area contributed by atoms with Crippen molar-refractivity contribution in [3.63, 3.8) is 0 Å². The number of nitrogens with zero attached hydrogens (tertiary/aromatic N) is 2. The summed E-state index contributed by atoms with van der Waals surface area (Å²) in [6, 6.07) is 7.97. The third-order valence-electron chi connectivity index (χ3n) is 1.80. The Morgan fingerprint density at radius 3 is 2.60 bits per heavy atom. The lowest BCUT2D eigenvalue weighted by Gasteiger charge is -2.02. The minimum atomic E-state index is -0.330. The molecule has 1 aromatic rings. The molecule has 0 saturated carbocycles. The molecule has 1 aromatic carbocycles. The molecule has 0 aromatic heterocycles. The van der Waals surface area contributed by atoms with Gasteiger partial charge in [0.05, 0.1) is 0 Å². The van der Waals surface area contributed by atoms with Crippen molar-refractivity contribution in [1.29, 1.82) is 10.5 Å². The van der Waals surface area contributed by atoms with E-state index >= 15 is 0 Å². The van der Waals surface area contributed by atoms with Crippen LogP contribution in [0.15, 0.2) is 30.0 Å². The smallest absolute Gasteiger partial charge is 0.145 e. The Kier molecular flexibility index (Phi) is 3.43. The second-order valence-corrected chi connectivity index (χ2v) is 2.89. The Morgan fingerprint density at radius 2 is 2.07 bits per heavy atom. The maximum absolute atomic E-state index is 13.1. The second kappa shape index (κ2) is 4.78. The lowest BCUT2D eigenvalue weighted by Crippen LogP contribution is -1.91. The molecule has 0 fully saturated rings. The van der Waals surface area contributed by atoms with Crippen LogP contribution < -0.4 is 5.32 Å². The largest absolute Gasteiger partial charge is 0.360 e. The van der Waals surface area contributed by atoms with E-state index in [-0.39, 0.29) is 11.4 Å². The van der Waals surface area contributed by atoms with Gasteiger partial charge < -0.3 is 5.32 Å². The minimum absolute atomic E-state index is 0.0593. The molecule has 1 N–H and O–H groups in total. The van der Waals surface area contributed by atoms with Crippen molar-refractivity contribution < 1.29 is 4.39 Å². The first kappa shape index (κ1) is 10.7. The summed E-state index contributed by atoms with van der Waals surface area (Å²) in [6.07, 6.45) is 1.24. The van der Waals surface area contributed by atoms with E-state index in [1.807, 2.05) is 0 Å². The highest BCUT2D eigenvalue weighted by Crippen LogP contribution is 2.13. The van der Waals surface area contributed by atoms with E-state index in [0.717, 1.165) is 0 Å². The van der Waals surface area contributed by atoms with E-state index in [0.29, 0.717) is 11.3 Å². The maximum Gasteiger partial charge on any atom is 0.145 e. The molecule has 74 valence electrons. The summed E-state index contributed by atoms with van der Waals surface area (Å²) in [5.74, 6) is -0.330. The maximum atomic E-state index is 13.1. The molecule has 0 atom stereocenters. The van der Waals surface area contributed by atoms with Crippen molar-refractivity contribution in [3.8, 4) is 12.1 Å². The van der Waals surface area contributed by atoms with Crippen molar-refractivity contribution in [2.45, 2.75) is 6.92 Å². The molecule has 15 heavy (non-hydrogen) atoms. The van der Waals surface area contributed by atoms with Gasteiger partial charge in [-0.15, -0.1) is 0 Å². The predicted octanol–water partition coefficient (Wildman–Crippen LogP) is 2.48. The molecule has 0 aliphatic rings. The van der Waals surface area contributed by atoms with Gasteiger partial charge in [0.25, 0.3) is 0 Å². The van der Waals surface area contributed by atoms with Gasteiger partial charge in [0, 0.05) is 11.9 Å². The Hall–Kier alpha value is -2.33. The van der Waals surface area contributed by atoms with Gasteiger partial charge in [0.1, 0.15) is 23.5 Å². The fourth-order valence-electron chi connectivity index (χ4n) is 0.928. The molecular weight excluding hydrogens is 193 g/mol. The molecular formula is C11H8FN3. The van der Waals surface area contributed by atoms with Crippen LogP contribution in [0, 0.1) is 35.4 Å².